The van der Waals surface area contributed by atoms with E-state index < -0.39 is 0 Å². The second-order valence-corrected chi connectivity index (χ2v) is 6.99. The summed E-state index contributed by atoms with van der Waals surface area (Å²) in [5.41, 5.74) is 6.56. The Hall–Kier alpha value is -1.30. The molecule has 3 rings (SSSR count). The Bertz CT molecular complexity index is 563. The molecule has 1 aromatic rings. The molecule has 0 bridgehead atoms. The molecular formula is C19H29ClN2O3. The predicted octanol–water partition coefficient (Wildman–Crippen LogP) is 2.87. The minimum Gasteiger partial charge on any atom is -0.491 e. The zero-order chi connectivity index (χ0) is 16.9. The smallest absolute Gasteiger partial charge is 0.254 e. The van der Waals surface area contributed by atoms with Gasteiger partial charge in [-0.25, -0.2) is 0 Å². The van der Waals surface area contributed by atoms with E-state index in [2.05, 4.69) is 6.92 Å². The van der Waals surface area contributed by atoms with Crippen LogP contribution in [0.15, 0.2) is 24.3 Å². The van der Waals surface area contributed by atoms with Gasteiger partial charge in [0.15, 0.2) is 0 Å². The standard InChI is InChI=1S/C19H28N2O3.ClH/c1-14-7-8-21(16(10-14)12-20)19(22)15-4-2-5-17(11-15)24-13-18-6-3-9-23-18;/h2,4-5,11,14,16,18H,3,6-10,12-13,20H2,1H3;1H. The molecule has 0 aromatic heterocycles. The molecule has 0 saturated carbocycles. The van der Waals surface area contributed by atoms with Gasteiger partial charge in [-0.1, -0.05) is 13.0 Å². The van der Waals surface area contributed by atoms with Gasteiger partial charge in [0.2, 0.25) is 0 Å². The average molecular weight is 369 g/mol. The van der Waals surface area contributed by atoms with Gasteiger partial charge in [-0.05, 0) is 49.8 Å². The van der Waals surface area contributed by atoms with Crippen molar-refractivity contribution in [3.05, 3.63) is 29.8 Å². The summed E-state index contributed by atoms with van der Waals surface area (Å²) in [5.74, 6) is 1.41. The van der Waals surface area contributed by atoms with Crippen LogP contribution in [0.5, 0.6) is 5.75 Å². The highest BCUT2D eigenvalue weighted by molar-refractivity contribution is 5.95. The Morgan fingerprint density at radius 2 is 2.24 bits per heavy atom. The number of carbonyl (C=O) groups is 1. The number of likely N-dealkylation sites (tertiary alicyclic amines) is 1. The Morgan fingerprint density at radius 1 is 1.40 bits per heavy atom. The summed E-state index contributed by atoms with van der Waals surface area (Å²) in [6.07, 6.45) is 4.34. The largest absolute Gasteiger partial charge is 0.491 e. The molecule has 2 aliphatic rings. The number of nitrogens with zero attached hydrogens (tertiary/aromatic N) is 1. The molecule has 5 nitrogen and oxygen atoms in total. The van der Waals surface area contributed by atoms with Crippen LogP contribution in [0.25, 0.3) is 0 Å². The summed E-state index contributed by atoms with van der Waals surface area (Å²) in [5, 5.41) is 0. The Labute approximate surface area is 156 Å². The zero-order valence-electron chi connectivity index (χ0n) is 14.9. The minimum atomic E-state index is 0. The topological polar surface area (TPSA) is 64.8 Å². The highest BCUT2D eigenvalue weighted by Crippen LogP contribution is 2.25. The summed E-state index contributed by atoms with van der Waals surface area (Å²) in [7, 11) is 0. The lowest BCUT2D eigenvalue weighted by Gasteiger charge is -2.38. The van der Waals surface area contributed by atoms with Gasteiger partial charge >= 0.3 is 0 Å². The van der Waals surface area contributed by atoms with E-state index in [0.717, 1.165) is 44.6 Å². The molecule has 2 saturated heterocycles. The van der Waals surface area contributed by atoms with Crippen LogP contribution in [0, 0.1) is 5.92 Å². The predicted molar refractivity (Wildman–Crippen MR) is 100 cm³/mol. The van der Waals surface area contributed by atoms with E-state index in [4.69, 9.17) is 15.2 Å². The molecule has 1 aromatic carbocycles. The lowest BCUT2D eigenvalue weighted by atomic mass is 9.92. The van der Waals surface area contributed by atoms with Crippen molar-refractivity contribution in [2.45, 2.75) is 44.8 Å². The van der Waals surface area contributed by atoms with E-state index in [1.807, 2.05) is 29.2 Å². The number of carbonyl (C=O) groups excluding carboxylic acids is 1. The third-order valence-electron chi connectivity index (χ3n) is 5.05. The summed E-state index contributed by atoms with van der Waals surface area (Å²) in [6, 6.07) is 7.60. The van der Waals surface area contributed by atoms with E-state index in [9.17, 15) is 4.79 Å². The van der Waals surface area contributed by atoms with E-state index in [1.165, 1.54) is 0 Å². The molecule has 3 atom stereocenters. The first-order chi connectivity index (χ1) is 11.7. The van der Waals surface area contributed by atoms with Gasteiger partial charge in [0, 0.05) is 31.3 Å². The first-order valence-electron chi connectivity index (χ1n) is 9.03. The van der Waals surface area contributed by atoms with Crippen molar-refractivity contribution in [3.8, 4) is 5.75 Å². The fraction of sp³-hybridized carbons (Fsp3) is 0.632. The first kappa shape index (κ1) is 20.0. The van der Waals surface area contributed by atoms with Crippen molar-refractivity contribution < 1.29 is 14.3 Å². The molecule has 25 heavy (non-hydrogen) atoms. The Morgan fingerprint density at radius 3 is 2.96 bits per heavy atom. The van der Waals surface area contributed by atoms with Crippen molar-refractivity contribution in [2.75, 3.05) is 26.3 Å². The van der Waals surface area contributed by atoms with E-state index in [0.29, 0.717) is 24.6 Å². The van der Waals surface area contributed by atoms with Gasteiger partial charge in [-0.15, -0.1) is 12.4 Å². The molecule has 0 aliphatic carbocycles. The average Bonchev–Trinajstić information content (AvgIpc) is 3.13. The maximum absolute atomic E-state index is 12.9. The van der Waals surface area contributed by atoms with Crippen LogP contribution in [0.2, 0.25) is 0 Å². The van der Waals surface area contributed by atoms with Crippen LogP contribution in [0.4, 0.5) is 0 Å². The second-order valence-electron chi connectivity index (χ2n) is 6.99. The maximum Gasteiger partial charge on any atom is 0.254 e. The van der Waals surface area contributed by atoms with Gasteiger partial charge in [0.1, 0.15) is 12.4 Å². The number of hydrogen-bond acceptors (Lipinski definition) is 4. The number of amides is 1. The molecule has 6 heteroatoms. The minimum absolute atomic E-state index is 0. The van der Waals surface area contributed by atoms with Crippen molar-refractivity contribution in [1.82, 2.24) is 4.90 Å². The number of piperidine rings is 1. The van der Waals surface area contributed by atoms with E-state index in [-0.39, 0.29) is 30.5 Å². The fourth-order valence-corrected chi connectivity index (χ4v) is 3.59. The number of halogens is 1. The molecule has 2 aliphatic heterocycles. The van der Waals surface area contributed by atoms with Crippen LogP contribution in [0.3, 0.4) is 0 Å². The van der Waals surface area contributed by atoms with Crippen LogP contribution >= 0.6 is 12.4 Å². The molecule has 0 spiro atoms. The zero-order valence-corrected chi connectivity index (χ0v) is 15.7. The van der Waals surface area contributed by atoms with Gasteiger partial charge in [-0.2, -0.15) is 0 Å². The van der Waals surface area contributed by atoms with Gasteiger partial charge in [0.25, 0.3) is 5.91 Å². The van der Waals surface area contributed by atoms with Gasteiger partial charge in [-0.3, -0.25) is 4.79 Å². The van der Waals surface area contributed by atoms with Crippen molar-refractivity contribution in [2.24, 2.45) is 11.7 Å². The highest BCUT2D eigenvalue weighted by atomic mass is 35.5. The van der Waals surface area contributed by atoms with E-state index in [1.54, 1.807) is 0 Å². The lowest BCUT2D eigenvalue weighted by molar-refractivity contribution is 0.0571. The molecule has 140 valence electrons. The molecule has 2 N–H and O–H groups in total. The Kier molecular flexibility index (Phi) is 7.54. The Balaban J connectivity index is 0.00000225. The third kappa shape index (κ3) is 5.09. The molecule has 0 radical (unpaired) electrons. The van der Waals surface area contributed by atoms with Crippen molar-refractivity contribution in [3.63, 3.8) is 0 Å². The summed E-state index contributed by atoms with van der Waals surface area (Å²) in [4.78, 5) is 14.8. The second kappa shape index (κ2) is 9.41. The molecule has 2 fully saturated rings. The fourth-order valence-electron chi connectivity index (χ4n) is 3.59. The first-order valence-corrected chi connectivity index (χ1v) is 9.03. The normalized spacial score (nSPS) is 26.2. The van der Waals surface area contributed by atoms with Crippen LogP contribution in [0.1, 0.15) is 43.0 Å². The van der Waals surface area contributed by atoms with Crippen LogP contribution in [-0.4, -0.2) is 49.3 Å². The van der Waals surface area contributed by atoms with Crippen LogP contribution in [-0.2, 0) is 4.74 Å². The highest BCUT2D eigenvalue weighted by Gasteiger charge is 2.29. The van der Waals surface area contributed by atoms with Gasteiger partial charge < -0.3 is 20.1 Å². The molecule has 3 unspecified atom stereocenters. The number of rotatable bonds is 5. The third-order valence-corrected chi connectivity index (χ3v) is 5.05. The molecule has 2 heterocycles. The summed E-state index contributed by atoms with van der Waals surface area (Å²) < 4.78 is 11.4. The van der Waals surface area contributed by atoms with Crippen molar-refractivity contribution >= 4 is 18.3 Å². The van der Waals surface area contributed by atoms with E-state index >= 15 is 0 Å². The SMILES string of the molecule is CC1CCN(C(=O)c2cccc(OCC3CCCO3)c2)C(CN)C1.Cl. The number of hydrogen-bond donors (Lipinski definition) is 1. The number of nitrogens with two attached hydrogens (primary N) is 1. The van der Waals surface area contributed by atoms with Crippen LogP contribution < -0.4 is 10.5 Å². The lowest BCUT2D eigenvalue weighted by Crippen LogP contribution is -2.49. The number of ether oxygens (including phenoxy) is 2. The van der Waals surface area contributed by atoms with Gasteiger partial charge in [0.05, 0.1) is 6.10 Å². The monoisotopic (exact) mass is 368 g/mol. The van der Waals surface area contributed by atoms with Crippen molar-refractivity contribution in [1.29, 1.82) is 0 Å². The summed E-state index contributed by atoms with van der Waals surface area (Å²) in [6.45, 7) is 4.89. The summed E-state index contributed by atoms with van der Waals surface area (Å²) >= 11 is 0. The quantitative estimate of drug-likeness (QED) is 0.867. The molecular weight excluding hydrogens is 340 g/mol. The number of benzene rings is 1. The maximum atomic E-state index is 12.9. The molecule has 1 amide bonds.